The van der Waals surface area contributed by atoms with E-state index in [9.17, 15) is 4.79 Å². The molecule has 0 aliphatic heterocycles. The number of benzene rings is 1. The highest BCUT2D eigenvalue weighted by Gasteiger charge is 2.12. The molecule has 0 aliphatic carbocycles. The molecule has 3 heteroatoms. The number of hydrogen-bond donors (Lipinski definition) is 0. The second-order valence-corrected chi connectivity index (χ2v) is 4.30. The predicted octanol–water partition coefficient (Wildman–Crippen LogP) is 3.71. The van der Waals surface area contributed by atoms with Gasteiger partial charge in [-0.3, -0.25) is 4.79 Å². The topological polar surface area (TPSA) is 39.2 Å². The van der Waals surface area contributed by atoms with Gasteiger partial charge in [0.25, 0.3) is 0 Å². The maximum atomic E-state index is 11.8. The Morgan fingerprint density at radius 2 is 1.78 bits per heavy atom. The van der Waals surface area contributed by atoms with Gasteiger partial charge in [0.05, 0.1) is 0 Å². The molecule has 2 rings (SSSR count). The molecule has 92 valence electrons. The summed E-state index contributed by atoms with van der Waals surface area (Å²) in [6.45, 7) is 3.71. The number of ether oxygens (including phenoxy) is 1. The van der Waals surface area contributed by atoms with E-state index in [4.69, 9.17) is 4.74 Å². The van der Waals surface area contributed by atoms with Gasteiger partial charge in [-0.05, 0) is 18.2 Å². The van der Waals surface area contributed by atoms with Gasteiger partial charge in [0.2, 0.25) is 5.88 Å². The maximum Gasteiger partial charge on any atom is 0.219 e. The zero-order valence-electron chi connectivity index (χ0n) is 10.5. The maximum absolute atomic E-state index is 11.8. The van der Waals surface area contributed by atoms with Crippen molar-refractivity contribution in [2.24, 2.45) is 5.92 Å². The van der Waals surface area contributed by atoms with E-state index in [1.165, 1.54) is 0 Å². The highest BCUT2D eigenvalue weighted by Crippen LogP contribution is 2.19. The van der Waals surface area contributed by atoms with Gasteiger partial charge in [-0.2, -0.15) is 0 Å². The SMILES string of the molecule is CC(C)C(=O)c1cccc(Oc2ccccc2)n1. The third-order valence-electron chi connectivity index (χ3n) is 2.47. The van der Waals surface area contributed by atoms with Crippen molar-refractivity contribution in [3.8, 4) is 11.6 Å². The van der Waals surface area contributed by atoms with Crippen LogP contribution >= 0.6 is 0 Å². The Morgan fingerprint density at radius 1 is 1.06 bits per heavy atom. The predicted molar refractivity (Wildman–Crippen MR) is 69.9 cm³/mol. The van der Waals surface area contributed by atoms with E-state index >= 15 is 0 Å². The third-order valence-corrected chi connectivity index (χ3v) is 2.47. The Labute approximate surface area is 106 Å². The molecular formula is C15H15NO2. The van der Waals surface area contributed by atoms with Crippen LogP contribution in [-0.4, -0.2) is 10.8 Å². The van der Waals surface area contributed by atoms with Gasteiger partial charge in [-0.25, -0.2) is 4.98 Å². The number of Topliss-reactive ketones (excluding diaryl/α,β-unsaturated/α-hetero) is 1. The van der Waals surface area contributed by atoms with Crippen LogP contribution in [0.3, 0.4) is 0 Å². The molecule has 0 radical (unpaired) electrons. The molecule has 0 saturated carbocycles. The van der Waals surface area contributed by atoms with Crippen molar-refractivity contribution in [1.82, 2.24) is 4.98 Å². The average molecular weight is 241 g/mol. The number of carbonyl (C=O) groups is 1. The van der Waals surface area contributed by atoms with Crippen molar-refractivity contribution in [1.29, 1.82) is 0 Å². The molecule has 1 aromatic heterocycles. The van der Waals surface area contributed by atoms with Crippen molar-refractivity contribution < 1.29 is 9.53 Å². The Balaban J connectivity index is 2.20. The summed E-state index contributed by atoms with van der Waals surface area (Å²) in [7, 11) is 0. The van der Waals surface area contributed by atoms with E-state index in [0.29, 0.717) is 17.3 Å². The Morgan fingerprint density at radius 3 is 2.44 bits per heavy atom. The minimum Gasteiger partial charge on any atom is -0.439 e. The number of nitrogens with zero attached hydrogens (tertiary/aromatic N) is 1. The van der Waals surface area contributed by atoms with E-state index in [0.717, 1.165) is 0 Å². The lowest BCUT2D eigenvalue weighted by atomic mass is 10.1. The molecular weight excluding hydrogens is 226 g/mol. The van der Waals surface area contributed by atoms with Crippen LogP contribution in [0.15, 0.2) is 48.5 Å². The van der Waals surface area contributed by atoms with Gasteiger partial charge in [0, 0.05) is 12.0 Å². The Kier molecular flexibility index (Phi) is 3.72. The Hall–Kier alpha value is -2.16. The summed E-state index contributed by atoms with van der Waals surface area (Å²) >= 11 is 0. The van der Waals surface area contributed by atoms with Gasteiger partial charge in [-0.15, -0.1) is 0 Å². The summed E-state index contributed by atoms with van der Waals surface area (Å²) in [6.07, 6.45) is 0. The summed E-state index contributed by atoms with van der Waals surface area (Å²) in [5.41, 5.74) is 0.443. The van der Waals surface area contributed by atoms with Crippen molar-refractivity contribution >= 4 is 5.78 Å². The van der Waals surface area contributed by atoms with Crippen molar-refractivity contribution in [2.45, 2.75) is 13.8 Å². The van der Waals surface area contributed by atoms with Crippen LogP contribution in [-0.2, 0) is 0 Å². The molecule has 0 N–H and O–H groups in total. The fourth-order valence-corrected chi connectivity index (χ4v) is 1.51. The number of pyridine rings is 1. The monoisotopic (exact) mass is 241 g/mol. The molecule has 0 amide bonds. The summed E-state index contributed by atoms with van der Waals surface area (Å²) in [4.78, 5) is 16.0. The quantitative estimate of drug-likeness (QED) is 0.766. The molecule has 2 aromatic rings. The first-order valence-electron chi connectivity index (χ1n) is 5.91. The summed E-state index contributed by atoms with van der Waals surface area (Å²) < 4.78 is 5.59. The molecule has 0 spiro atoms. The molecule has 0 fully saturated rings. The lowest BCUT2D eigenvalue weighted by Crippen LogP contribution is -2.09. The molecule has 0 aliphatic rings. The third kappa shape index (κ3) is 2.94. The summed E-state index contributed by atoms with van der Waals surface area (Å²) in [5.74, 6) is 1.10. The first-order chi connectivity index (χ1) is 8.66. The normalized spacial score (nSPS) is 10.4. The molecule has 1 aromatic carbocycles. The van der Waals surface area contributed by atoms with Crippen molar-refractivity contribution in [3.05, 3.63) is 54.2 Å². The molecule has 0 atom stereocenters. The van der Waals surface area contributed by atoms with Gasteiger partial charge < -0.3 is 4.74 Å². The van der Waals surface area contributed by atoms with Gasteiger partial charge in [-0.1, -0.05) is 38.1 Å². The zero-order chi connectivity index (χ0) is 13.0. The van der Waals surface area contributed by atoms with E-state index in [2.05, 4.69) is 4.98 Å². The lowest BCUT2D eigenvalue weighted by molar-refractivity contribution is 0.0933. The molecule has 3 nitrogen and oxygen atoms in total. The highest BCUT2D eigenvalue weighted by molar-refractivity contribution is 5.95. The first-order valence-corrected chi connectivity index (χ1v) is 5.91. The van der Waals surface area contributed by atoms with Gasteiger partial charge >= 0.3 is 0 Å². The number of ketones is 1. The van der Waals surface area contributed by atoms with Crippen LogP contribution in [0.4, 0.5) is 0 Å². The molecule has 1 heterocycles. The number of rotatable bonds is 4. The smallest absolute Gasteiger partial charge is 0.219 e. The second kappa shape index (κ2) is 5.45. The van der Waals surface area contributed by atoms with Crippen molar-refractivity contribution in [3.63, 3.8) is 0 Å². The lowest BCUT2D eigenvalue weighted by Gasteiger charge is -2.07. The fourth-order valence-electron chi connectivity index (χ4n) is 1.51. The largest absolute Gasteiger partial charge is 0.439 e. The molecule has 0 unspecified atom stereocenters. The second-order valence-electron chi connectivity index (χ2n) is 4.30. The van der Waals surface area contributed by atoms with Crippen LogP contribution in [0.25, 0.3) is 0 Å². The van der Waals surface area contributed by atoms with Crippen molar-refractivity contribution in [2.75, 3.05) is 0 Å². The number of carbonyl (C=O) groups excluding carboxylic acids is 1. The Bertz CT molecular complexity index is 535. The van der Waals surface area contributed by atoms with E-state index < -0.39 is 0 Å². The molecule has 18 heavy (non-hydrogen) atoms. The van der Waals surface area contributed by atoms with Gasteiger partial charge in [0.15, 0.2) is 5.78 Å². The highest BCUT2D eigenvalue weighted by atomic mass is 16.5. The van der Waals surface area contributed by atoms with Crippen LogP contribution in [0.5, 0.6) is 11.6 Å². The standard InChI is InChI=1S/C15H15NO2/c1-11(2)15(17)13-9-6-10-14(16-13)18-12-7-4-3-5-8-12/h3-11H,1-2H3. The zero-order valence-corrected chi connectivity index (χ0v) is 10.5. The fraction of sp³-hybridized carbons (Fsp3) is 0.200. The summed E-state index contributed by atoms with van der Waals surface area (Å²) in [6, 6.07) is 14.6. The average Bonchev–Trinajstić information content (AvgIpc) is 2.39. The van der Waals surface area contributed by atoms with E-state index in [1.807, 2.05) is 44.2 Å². The minimum absolute atomic E-state index is 0.0218. The van der Waals surface area contributed by atoms with Crippen LogP contribution in [0.2, 0.25) is 0 Å². The minimum atomic E-state index is -0.0653. The summed E-state index contributed by atoms with van der Waals surface area (Å²) in [5, 5.41) is 0. The first kappa shape index (κ1) is 12.3. The van der Waals surface area contributed by atoms with E-state index in [1.54, 1.807) is 18.2 Å². The van der Waals surface area contributed by atoms with Crippen LogP contribution in [0, 0.1) is 5.92 Å². The van der Waals surface area contributed by atoms with Gasteiger partial charge in [0.1, 0.15) is 11.4 Å². The van der Waals surface area contributed by atoms with E-state index in [-0.39, 0.29) is 11.7 Å². The van der Waals surface area contributed by atoms with Crippen LogP contribution < -0.4 is 4.74 Å². The molecule has 0 saturated heterocycles. The number of para-hydroxylation sites is 1. The van der Waals surface area contributed by atoms with Crippen LogP contribution in [0.1, 0.15) is 24.3 Å². The molecule has 0 bridgehead atoms. The number of hydrogen-bond acceptors (Lipinski definition) is 3. The number of aromatic nitrogens is 1.